The van der Waals surface area contributed by atoms with Crippen LogP contribution >= 0.6 is 12.4 Å². The Morgan fingerprint density at radius 1 is 1.20 bits per heavy atom. The molecule has 1 amide bonds. The number of aryl methyl sites for hydroxylation is 1. The number of rotatable bonds is 4. The first-order valence-electron chi connectivity index (χ1n) is 9.93. The summed E-state index contributed by atoms with van der Waals surface area (Å²) in [6.45, 7) is 7.46. The lowest BCUT2D eigenvalue weighted by atomic mass is 9.99. The number of aromatic nitrogens is 2. The second-order valence-corrected chi connectivity index (χ2v) is 7.79. The normalized spacial score (nSPS) is 13.0. The summed E-state index contributed by atoms with van der Waals surface area (Å²) >= 11 is 0. The van der Waals surface area contributed by atoms with Gasteiger partial charge < -0.3 is 10.6 Å². The summed E-state index contributed by atoms with van der Waals surface area (Å²) in [6.07, 6.45) is 2.18. The Balaban J connectivity index is 0.00000256. The summed E-state index contributed by atoms with van der Waals surface area (Å²) < 4.78 is 16.7. The number of amides is 1. The van der Waals surface area contributed by atoms with Gasteiger partial charge >= 0.3 is 0 Å². The molecule has 0 atom stereocenters. The van der Waals surface area contributed by atoms with E-state index in [4.69, 9.17) is 0 Å². The fraction of sp³-hybridized carbons (Fsp3) is 0.304. The highest BCUT2D eigenvalue weighted by atomic mass is 35.5. The maximum atomic E-state index is 14.9. The molecular formula is C23H26ClFN4O. The SMILES string of the molecule is Cc1ccc(-n2ncc(C(=O)Nc3ccc4c(c3F)CCNC4)c2C(C)C)cc1.Cl. The monoisotopic (exact) mass is 428 g/mol. The van der Waals surface area contributed by atoms with Gasteiger partial charge in [-0.25, -0.2) is 9.07 Å². The Bertz CT molecular complexity index is 1060. The van der Waals surface area contributed by atoms with Crippen molar-refractivity contribution in [2.24, 2.45) is 0 Å². The minimum atomic E-state index is -0.347. The Morgan fingerprint density at radius 3 is 2.63 bits per heavy atom. The van der Waals surface area contributed by atoms with Gasteiger partial charge in [0.2, 0.25) is 0 Å². The summed E-state index contributed by atoms with van der Waals surface area (Å²) in [5.41, 5.74) is 5.15. The van der Waals surface area contributed by atoms with Crippen LogP contribution in [0.25, 0.3) is 5.69 Å². The zero-order chi connectivity index (χ0) is 20.5. The number of anilines is 1. The number of carbonyl (C=O) groups is 1. The number of nitrogens with zero attached hydrogens (tertiary/aromatic N) is 2. The Labute approximate surface area is 182 Å². The predicted molar refractivity (Wildman–Crippen MR) is 119 cm³/mol. The first-order valence-corrected chi connectivity index (χ1v) is 9.93. The van der Waals surface area contributed by atoms with E-state index in [0.717, 1.165) is 29.1 Å². The van der Waals surface area contributed by atoms with Gasteiger partial charge in [-0.1, -0.05) is 37.6 Å². The van der Waals surface area contributed by atoms with Gasteiger partial charge in [0.15, 0.2) is 0 Å². The molecular weight excluding hydrogens is 403 g/mol. The average Bonchev–Trinajstić information content (AvgIpc) is 3.16. The van der Waals surface area contributed by atoms with E-state index >= 15 is 0 Å². The van der Waals surface area contributed by atoms with Crippen molar-refractivity contribution in [3.8, 4) is 5.69 Å². The first-order chi connectivity index (χ1) is 14.0. The predicted octanol–water partition coefficient (Wildman–Crippen LogP) is 4.76. The zero-order valence-corrected chi connectivity index (χ0v) is 18.1. The number of benzene rings is 2. The van der Waals surface area contributed by atoms with Crippen molar-refractivity contribution >= 4 is 24.0 Å². The van der Waals surface area contributed by atoms with E-state index in [1.807, 2.05) is 51.1 Å². The fourth-order valence-electron chi connectivity index (χ4n) is 3.80. The molecule has 0 spiro atoms. The van der Waals surface area contributed by atoms with Crippen molar-refractivity contribution in [3.05, 3.63) is 76.4 Å². The molecule has 4 rings (SSSR count). The van der Waals surface area contributed by atoms with Crippen molar-refractivity contribution in [2.75, 3.05) is 11.9 Å². The van der Waals surface area contributed by atoms with Crippen LogP contribution in [0.3, 0.4) is 0 Å². The Kier molecular flexibility index (Phi) is 6.58. The molecule has 7 heteroatoms. The first kappa shape index (κ1) is 22.0. The molecule has 0 unspecified atom stereocenters. The largest absolute Gasteiger partial charge is 0.319 e. The molecule has 0 fully saturated rings. The molecule has 30 heavy (non-hydrogen) atoms. The summed E-state index contributed by atoms with van der Waals surface area (Å²) in [6, 6.07) is 11.5. The third-order valence-electron chi connectivity index (χ3n) is 5.33. The molecule has 2 heterocycles. The molecule has 0 saturated heterocycles. The van der Waals surface area contributed by atoms with Crippen molar-refractivity contribution in [3.63, 3.8) is 0 Å². The number of hydrogen-bond donors (Lipinski definition) is 2. The summed E-state index contributed by atoms with van der Waals surface area (Å²) in [4.78, 5) is 13.0. The van der Waals surface area contributed by atoms with Crippen LogP contribution in [0.2, 0.25) is 0 Å². The zero-order valence-electron chi connectivity index (χ0n) is 17.3. The highest BCUT2D eigenvalue weighted by Crippen LogP contribution is 2.27. The van der Waals surface area contributed by atoms with Crippen LogP contribution in [0.5, 0.6) is 0 Å². The number of nitrogens with one attached hydrogen (secondary N) is 2. The van der Waals surface area contributed by atoms with Crippen LogP contribution in [0.15, 0.2) is 42.6 Å². The number of hydrogen-bond acceptors (Lipinski definition) is 3. The molecule has 2 N–H and O–H groups in total. The van der Waals surface area contributed by atoms with E-state index in [2.05, 4.69) is 15.7 Å². The van der Waals surface area contributed by atoms with Crippen LogP contribution in [0.1, 0.15) is 52.5 Å². The quantitative estimate of drug-likeness (QED) is 0.629. The Hall–Kier alpha value is -2.70. The van der Waals surface area contributed by atoms with Gasteiger partial charge in [0.1, 0.15) is 5.82 Å². The van der Waals surface area contributed by atoms with E-state index in [9.17, 15) is 9.18 Å². The van der Waals surface area contributed by atoms with Gasteiger partial charge in [0.05, 0.1) is 28.8 Å². The van der Waals surface area contributed by atoms with E-state index in [1.165, 1.54) is 0 Å². The lowest BCUT2D eigenvalue weighted by Crippen LogP contribution is -2.25. The van der Waals surface area contributed by atoms with Crippen LogP contribution in [-0.2, 0) is 13.0 Å². The van der Waals surface area contributed by atoms with Gasteiger partial charge in [-0.05, 0) is 55.1 Å². The van der Waals surface area contributed by atoms with Crippen molar-refractivity contribution < 1.29 is 9.18 Å². The third kappa shape index (κ3) is 4.11. The van der Waals surface area contributed by atoms with E-state index in [1.54, 1.807) is 16.9 Å². The maximum absolute atomic E-state index is 14.9. The van der Waals surface area contributed by atoms with Crippen LogP contribution in [-0.4, -0.2) is 22.2 Å². The molecule has 0 radical (unpaired) electrons. The standard InChI is InChI=1S/C23H25FN4O.ClH/c1-14(2)22-19(13-26-28(22)17-7-4-15(3)5-8-17)23(29)27-20-9-6-16-12-25-11-10-18(16)21(20)24;/h4-9,13-14,25H,10-12H2,1-3H3,(H,27,29);1H. The van der Waals surface area contributed by atoms with Crippen molar-refractivity contribution in [2.45, 2.75) is 39.7 Å². The molecule has 1 aliphatic heterocycles. The number of fused-ring (bicyclic) bond motifs is 1. The minimum absolute atomic E-state index is 0. The van der Waals surface area contributed by atoms with E-state index in [0.29, 0.717) is 24.1 Å². The molecule has 158 valence electrons. The maximum Gasteiger partial charge on any atom is 0.259 e. The second-order valence-electron chi connectivity index (χ2n) is 7.79. The van der Waals surface area contributed by atoms with Crippen LogP contribution in [0, 0.1) is 12.7 Å². The fourth-order valence-corrected chi connectivity index (χ4v) is 3.80. The number of carbonyl (C=O) groups excluding carboxylic acids is 1. The summed E-state index contributed by atoms with van der Waals surface area (Å²) in [5.74, 6) is -0.617. The van der Waals surface area contributed by atoms with Gasteiger partial charge in [-0.3, -0.25) is 4.79 Å². The molecule has 5 nitrogen and oxygen atoms in total. The lowest BCUT2D eigenvalue weighted by Gasteiger charge is -2.19. The van der Waals surface area contributed by atoms with Gasteiger partial charge in [-0.15, -0.1) is 12.4 Å². The van der Waals surface area contributed by atoms with Crippen molar-refractivity contribution in [1.82, 2.24) is 15.1 Å². The highest BCUT2D eigenvalue weighted by molar-refractivity contribution is 6.05. The molecule has 1 aromatic heterocycles. The summed E-state index contributed by atoms with van der Waals surface area (Å²) in [7, 11) is 0. The smallest absolute Gasteiger partial charge is 0.259 e. The lowest BCUT2D eigenvalue weighted by molar-refractivity contribution is 0.102. The van der Waals surface area contributed by atoms with Crippen LogP contribution < -0.4 is 10.6 Å². The van der Waals surface area contributed by atoms with Gasteiger partial charge in [0, 0.05) is 6.54 Å². The molecule has 0 bridgehead atoms. The third-order valence-corrected chi connectivity index (χ3v) is 5.33. The number of halogens is 2. The molecule has 0 saturated carbocycles. The van der Waals surface area contributed by atoms with Gasteiger partial charge in [0.25, 0.3) is 5.91 Å². The van der Waals surface area contributed by atoms with Crippen LogP contribution in [0.4, 0.5) is 10.1 Å². The minimum Gasteiger partial charge on any atom is -0.319 e. The highest BCUT2D eigenvalue weighted by Gasteiger charge is 2.23. The molecule has 0 aliphatic carbocycles. The molecule has 2 aromatic carbocycles. The van der Waals surface area contributed by atoms with Crippen molar-refractivity contribution in [1.29, 1.82) is 0 Å². The molecule has 3 aromatic rings. The average molecular weight is 429 g/mol. The Morgan fingerprint density at radius 2 is 1.93 bits per heavy atom. The van der Waals surface area contributed by atoms with E-state index < -0.39 is 0 Å². The topological polar surface area (TPSA) is 59.0 Å². The van der Waals surface area contributed by atoms with E-state index in [-0.39, 0.29) is 35.7 Å². The molecule has 1 aliphatic rings. The van der Waals surface area contributed by atoms with Gasteiger partial charge in [-0.2, -0.15) is 5.10 Å². The summed E-state index contributed by atoms with van der Waals surface area (Å²) in [5, 5.41) is 10.4. The second kappa shape index (κ2) is 8.98.